The van der Waals surface area contributed by atoms with E-state index in [-0.39, 0.29) is 0 Å². The van der Waals surface area contributed by atoms with Gasteiger partial charge in [0.15, 0.2) is 4.96 Å². The molecule has 0 atom stereocenters. The molecule has 0 saturated carbocycles. The second-order valence-electron chi connectivity index (χ2n) is 5.25. The molecule has 22 heavy (non-hydrogen) atoms. The third-order valence-corrected chi connectivity index (χ3v) is 4.92. The monoisotopic (exact) mass is 315 g/mol. The summed E-state index contributed by atoms with van der Waals surface area (Å²) in [6.07, 6.45) is 1.81. The van der Waals surface area contributed by atoms with E-state index in [2.05, 4.69) is 24.3 Å². The van der Waals surface area contributed by atoms with Crippen molar-refractivity contribution < 1.29 is 4.74 Å². The van der Waals surface area contributed by atoms with Crippen LogP contribution >= 0.6 is 11.3 Å². The molecule has 3 aromatic rings. The maximum atomic E-state index is 5.85. The van der Waals surface area contributed by atoms with Gasteiger partial charge in [-0.3, -0.25) is 4.40 Å². The third kappa shape index (κ3) is 2.40. The number of fused-ring (bicyclic) bond motifs is 1. The Bertz CT molecular complexity index is 804. The maximum Gasteiger partial charge on any atom is 0.194 e. The van der Waals surface area contributed by atoms with Crippen LogP contribution in [0, 0.1) is 6.92 Å². The molecule has 2 aromatic heterocycles. The first-order valence-corrected chi connectivity index (χ1v) is 8.35. The van der Waals surface area contributed by atoms with Crippen LogP contribution < -0.4 is 10.5 Å². The summed E-state index contributed by atoms with van der Waals surface area (Å²) in [7, 11) is 1.68. The Labute approximate surface area is 134 Å². The molecule has 4 nitrogen and oxygen atoms in total. The molecule has 0 fully saturated rings. The molecule has 5 heteroatoms. The van der Waals surface area contributed by atoms with Crippen LogP contribution in [0.5, 0.6) is 5.75 Å². The van der Waals surface area contributed by atoms with Crippen LogP contribution in [0.15, 0.2) is 24.3 Å². The number of ether oxygens (including phenoxy) is 1. The lowest BCUT2D eigenvalue weighted by Gasteiger charge is -2.07. The summed E-state index contributed by atoms with van der Waals surface area (Å²) in [5, 5.41) is 0. The summed E-state index contributed by atoms with van der Waals surface area (Å²) in [6, 6.07) is 8.06. The van der Waals surface area contributed by atoms with Crippen molar-refractivity contribution in [1.29, 1.82) is 0 Å². The largest absolute Gasteiger partial charge is 0.497 e. The molecule has 0 spiro atoms. The van der Waals surface area contributed by atoms with Gasteiger partial charge in [-0.25, -0.2) is 4.98 Å². The predicted octanol–water partition coefficient (Wildman–Crippen LogP) is 3.44. The average molecular weight is 315 g/mol. The van der Waals surface area contributed by atoms with Crippen molar-refractivity contribution in [1.82, 2.24) is 9.38 Å². The fourth-order valence-electron chi connectivity index (χ4n) is 2.91. The highest BCUT2D eigenvalue weighted by molar-refractivity contribution is 7.17. The van der Waals surface area contributed by atoms with Crippen molar-refractivity contribution in [2.75, 3.05) is 13.7 Å². The Morgan fingerprint density at radius 2 is 2.14 bits per heavy atom. The molecule has 0 saturated heterocycles. The van der Waals surface area contributed by atoms with Crippen LogP contribution in [-0.4, -0.2) is 23.0 Å². The topological polar surface area (TPSA) is 52.5 Å². The van der Waals surface area contributed by atoms with Gasteiger partial charge >= 0.3 is 0 Å². The highest BCUT2D eigenvalue weighted by Crippen LogP contribution is 2.32. The van der Waals surface area contributed by atoms with Crippen molar-refractivity contribution in [3.8, 4) is 17.0 Å². The Kier molecular flexibility index (Phi) is 4.18. The Morgan fingerprint density at radius 3 is 2.82 bits per heavy atom. The van der Waals surface area contributed by atoms with Gasteiger partial charge in [0.05, 0.1) is 18.5 Å². The zero-order chi connectivity index (χ0) is 15.7. The minimum absolute atomic E-state index is 0.614. The van der Waals surface area contributed by atoms with Crippen molar-refractivity contribution in [3.05, 3.63) is 40.5 Å². The van der Waals surface area contributed by atoms with Crippen molar-refractivity contribution in [2.24, 2.45) is 5.73 Å². The second kappa shape index (κ2) is 6.10. The minimum Gasteiger partial charge on any atom is -0.497 e. The fourth-order valence-corrected chi connectivity index (χ4v) is 3.98. The SMILES string of the molecule is CCc1c(C)sc2nc(-c3cccc(OC)c3)c(CCN)n12. The molecule has 0 aliphatic rings. The van der Waals surface area contributed by atoms with E-state index in [1.54, 1.807) is 18.4 Å². The Morgan fingerprint density at radius 1 is 1.32 bits per heavy atom. The van der Waals surface area contributed by atoms with Crippen LogP contribution in [0.3, 0.4) is 0 Å². The van der Waals surface area contributed by atoms with Crippen molar-refractivity contribution >= 4 is 16.3 Å². The average Bonchev–Trinajstić information content (AvgIpc) is 3.03. The first-order valence-electron chi connectivity index (χ1n) is 7.53. The molecule has 0 bridgehead atoms. The number of hydrogen-bond acceptors (Lipinski definition) is 4. The van der Waals surface area contributed by atoms with E-state index in [4.69, 9.17) is 15.5 Å². The van der Waals surface area contributed by atoms with Crippen LogP contribution in [-0.2, 0) is 12.8 Å². The molecule has 116 valence electrons. The van der Waals surface area contributed by atoms with Crippen LogP contribution in [0.25, 0.3) is 16.2 Å². The molecule has 0 unspecified atom stereocenters. The van der Waals surface area contributed by atoms with Crippen LogP contribution in [0.4, 0.5) is 0 Å². The molecule has 3 rings (SSSR count). The standard InChI is InChI=1S/C17H21N3OS/c1-4-14-11(2)22-17-19-16(15(8-9-18)20(14)17)12-6-5-7-13(10-12)21-3/h5-7,10H,4,8-9,18H2,1-3H3. The van der Waals surface area contributed by atoms with E-state index in [1.165, 1.54) is 16.3 Å². The number of aromatic nitrogens is 2. The smallest absolute Gasteiger partial charge is 0.194 e. The third-order valence-electron chi connectivity index (χ3n) is 3.92. The molecule has 2 heterocycles. The molecule has 0 radical (unpaired) electrons. The number of hydrogen-bond donors (Lipinski definition) is 1. The molecule has 0 aliphatic heterocycles. The molecule has 1 aromatic carbocycles. The highest BCUT2D eigenvalue weighted by Gasteiger charge is 2.19. The van der Waals surface area contributed by atoms with E-state index in [0.29, 0.717) is 6.54 Å². The highest BCUT2D eigenvalue weighted by atomic mass is 32.1. The number of thiazole rings is 1. The zero-order valence-corrected chi connectivity index (χ0v) is 14.0. The Balaban J connectivity index is 2.24. The van der Waals surface area contributed by atoms with E-state index >= 15 is 0 Å². The first-order chi connectivity index (χ1) is 10.7. The molecular weight excluding hydrogens is 294 g/mol. The van der Waals surface area contributed by atoms with E-state index in [9.17, 15) is 0 Å². The number of benzene rings is 1. The van der Waals surface area contributed by atoms with Gasteiger partial charge in [-0.1, -0.05) is 19.1 Å². The summed E-state index contributed by atoms with van der Waals surface area (Å²) >= 11 is 1.75. The van der Waals surface area contributed by atoms with Gasteiger partial charge in [0.2, 0.25) is 0 Å². The van der Waals surface area contributed by atoms with E-state index in [0.717, 1.165) is 34.8 Å². The normalized spacial score (nSPS) is 11.3. The van der Waals surface area contributed by atoms with E-state index in [1.807, 2.05) is 18.2 Å². The number of rotatable bonds is 5. The summed E-state index contributed by atoms with van der Waals surface area (Å²) in [4.78, 5) is 7.26. The minimum atomic E-state index is 0.614. The number of methoxy groups -OCH3 is 1. The van der Waals surface area contributed by atoms with Gasteiger partial charge in [-0.05, 0) is 32.0 Å². The van der Waals surface area contributed by atoms with E-state index < -0.39 is 0 Å². The summed E-state index contributed by atoms with van der Waals surface area (Å²) < 4.78 is 7.63. The fraction of sp³-hybridized carbons (Fsp3) is 0.353. The number of nitrogens with two attached hydrogens (primary N) is 1. The Hall–Kier alpha value is -1.85. The van der Waals surface area contributed by atoms with Gasteiger partial charge in [0, 0.05) is 22.6 Å². The van der Waals surface area contributed by atoms with Crippen molar-refractivity contribution in [2.45, 2.75) is 26.7 Å². The molecule has 0 amide bonds. The second-order valence-corrected chi connectivity index (χ2v) is 6.44. The van der Waals surface area contributed by atoms with Crippen LogP contribution in [0.2, 0.25) is 0 Å². The summed E-state index contributed by atoms with van der Waals surface area (Å²) in [5.41, 5.74) is 10.5. The van der Waals surface area contributed by atoms with Gasteiger partial charge in [-0.2, -0.15) is 0 Å². The van der Waals surface area contributed by atoms with Gasteiger partial charge in [0.1, 0.15) is 5.75 Å². The maximum absolute atomic E-state index is 5.85. The zero-order valence-electron chi connectivity index (χ0n) is 13.2. The predicted molar refractivity (Wildman–Crippen MR) is 91.9 cm³/mol. The number of nitrogens with zero attached hydrogens (tertiary/aromatic N) is 2. The summed E-state index contributed by atoms with van der Waals surface area (Å²) in [6.45, 7) is 4.96. The van der Waals surface area contributed by atoms with Crippen LogP contribution in [0.1, 0.15) is 23.2 Å². The lowest BCUT2D eigenvalue weighted by atomic mass is 10.1. The molecule has 0 aliphatic carbocycles. The van der Waals surface area contributed by atoms with Gasteiger partial charge < -0.3 is 10.5 Å². The molecule has 2 N–H and O–H groups in total. The van der Waals surface area contributed by atoms with Gasteiger partial charge in [-0.15, -0.1) is 11.3 Å². The number of imidazole rings is 1. The van der Waals surface area contributed by atoms with Gasteiger partial charge in [0.25, 0.3) is 0 Å². The summed E-state index contributed by atoms with van der Waals surface area (Å²) in [5.74, 6) is 0.847. The first kappa shape index (κ1) is 15.1. The lowest BCUT2D eigenvalue weighted by molar-refractivity contribution is 0.415. The quantitative estimate of drug-likeness (QED) is 0.784. The van der Waals surface area contributed by atoms with Crippen molar-refractivity contribution in [3.63, 3.8) is 0 Å². The molecular formula is C17H21N3OS. The lowest BCUT2D eigenvalue weighted by Crippen LogP contribution is -2.07. The number of aryl methyl sites for hydroxylation is 2.